The van der Waals surface area contributed by atoms with Crippen LogP contribution in [0.1, 0.15) is 10.5 Å². The highest BCUT2D eigenvalue weighted by atomic mass is 19.2. The number of aryl methyl sites for hydroxylation is 1. The molecule has 1 heterocycles. The van der Waals surface area contributed by atoms with Gasteiger partial charge in [0, 0.05) is 12.6 Å². The third-order valence-electron chi connectivity index (χ3n) is 2.25. The summed E-state index contributed by atoms with van der Waals surface area (Å²) in [7, 11) is 1.60. The Hall–Kier alpha value is -2.04. The Morgan fingerprint density at radius 3 is 2.56 bits per heavy atom. The molecule has 2 rings (SSSR count). The van der Waals surface area contributed by atoms with Crippen LogP contribution in [0.15, 0.2) is 24.3 Å². The number of halogens is 2. The zero-order valence-corrected chi connectivity index (χ0v) is 8.45. The Morgan fingerprint density at radius 2 is 2.00 bits per heavy atom. The van der Waals surface area contributed by atoms with Gasteiger partial charge in [-0.3, -0.25) is 9.48 Å². The van der Waals surface area contributed by atoms with E-state index in [2.05, 4.69) is 5.10 Å². The van der Waals surface area contributed by atoms with E-state index in [1.165, 1.54) is 16.8 Å². The van der Waals surface area contributed by atoms with Crippen molar-refractivity contribution in [2.24, 2.45) is 7.05 Å². The molecule has 0 aliphatic heterocycles. The molecule has 0 N–H and O–H groups in total. The fourth-order valence-corrected chi connectivity index (χ4v) is 1.39. The predicted octanol–water partition coefficient (Wildman–Crippen LogP) is 2.18. The molecular weight excluding hydrogens is 214 g/mol. The molecule has 1 aromatic heterocycles. The van der Waals surface area contributed by atoms with Gasteiger partial charge in [0.1, 0.15) is 5.69 Å². The van der Waals surface area contributed by atoms with Gasteiger partial charge in [0.15, 0.2) is 17.9 Å². The Labute approximate surface area is 90.3 Å². The lowest BCUT2D eigenvalue weighted by Crippen LogP contribution is -1.95. The molecule has 82 valence electrons. The molecule has 0 amide bonds. The van der Waals surface area contributed by atoms with E-state index in [0.717, 1.165) is 12.1 Å². The van der Waals surface area contributed by atoms with Crippen molar-refractivity contribution in [3.8, 4) is 11.3 Å². The van der Waals surface area contributed by atoms with Crippen molar-refractivity contribution >= 4 is 6.29 Å². The van der Waals surface area contributed by atoms with Crippen LogP contribution >= 0.6 is 0 Å². The molecule has 0 fully saturated rings. The molecular formula is C11H8F2N2O. The topological polar surface area (TPSA) is 34.9 Å². The van der Waals surface area contributed by atoms with Gasteiger partial charge in [-0.2, -0.15) is 5.10 Å². The third kappa shape index (κ3) is 1.71. The summed E-state index contributed by atoms with van der Waals surface area (Å²) in [6.07, 6.45) is 0.649. The largest absolute Gasteiger partial charge is 0.296 e. The molecule has 1 aromatic carbocycles. The predicted molar refractivity (Wildman–Crippen MR) is 53.9 cm³/mol. The van der Waals surface area contributed by atoms with E-state index in [0.29, 0.717) is 23.2 Å². The third-order valence-corrected chi connectivity index (χ3v) is 2.25. The molecule has 0 bridgehead atoms. The Balaban J connectivity index is 2.50. The van der Waals surface area contributed by atoms with Gasteiger partial charge >= 0.3 is 0 Å². The second-order valence-electron chi connectivity index (χ2n) is 3.32. The summed E-state index contributed by atoms with van der Waals surface area (Å²) in [4.78, 5) is 10.6. The standard InChI is InChI=1S/C11H8F2N2O/c1-15-8(6-16)5-11(14-15)7-2-3-9(12)10(13)4-7/h2-6H,1H3. The highest BCUT2D eigenvalue weighted by molar-refractivity contribution is 5.75. The van der Waals surface area contributed by atoms with Gasteiger partial charge in [-0.15, -0.1) is 0 Å². The van der Waals surface area contributed by atoms with E-state index < -0.39 is 11.6 Å². The minimum Gasteiger partial charge on any atom is -0.296 e. The summed E-state index contributed by atoms with van der Waals surface area (Å²) in [5.41, 5.74) is 1.24. The number of aldehydes is 1. The van der Waals surface area contributed by atoms with Crippen molar-refractivity contribution in [3.05, 3.63) is 41.6 Å². The van der Waals surface area contributed by atoms with Crippen molar-refractivity contribution in [2.75, 3.05) is 0 Å². The summed E-state index contributed by atoms with van der Waals surface area (Å²) in [6, 6.07) is 5.00. The van der Waals surface area contributed by atoms with E-state index in [-0.39, 0.29) is 0 Å². The van der Waals surface area contributed by atoms with Crippen LogP contribution in [0.5, 0.6) is 0 Å². The molecule has 0 unspecified atom stereocenters. The molecule has 0 saturated heterocycles. The molecule has 0 saturated carbocycles. The van der Waals surface area contributed by atoms with Gasteiger partial charge in [0.25, 0.3) is 0 Å². The Kier molecular flexibility index (Phi) is 2.52. The normalized spacial score (nSPS) is 10.4. The molecule has 0 spiro atoms. The maximum absolute atomic E-state index is 13.0. The summed E-state index contributed by atoms with van der Waals surface area (Å²) < 4.78 is 27.1. The van der Waals surface area contributed by atoms with Crippen LogP contribution in [0.4, 0.5) is 8.78 Å². The summed E-state index contributed by atoms with van der Waals surface area (Å²) >= 11 is 0. The molecule has 0 aliphatic carbocycles. The average Bonchev–Trinajstić information content (AvgIpc) is 2.64. The fraction of sp³-hybridized carbons (Fsp3) is 0.0909. The van der Waals surface area contributed by atoms with Crippen LogP contribution in [-0.4, -0.2) is 16.1 Å². The van der Waals surface area contributed by atoms with Crippen molar-refractivity contribution in [1.82, 2.24) is 9.78 Å². The zero-order chi connectivity index (χ0) is 11.7. The molecule has 0 atom stereocenters. The first-order chi connectivity index (χ1) is 7.61. The van der Waals surface area contributed by atoms with E-state index in [9.17, 15) is 13.6 Å². The number of hydrogen-bond acceptors (Lipinski definition) is 2. The molecule has 0 aliphatic rings. The smallest absolute Gasteiger partial charge is 0.168 e. The van der Waals surface area contributed by atoms with Crippen LogP contribution in [0.2, 0.25) is 0 Å². The van der Waals surface area contributed by atoms with Gasteiger partial charge in [-0.25, -0.2) is 8.78 Å². The Morgan fingerprint density at radius 1 is 1.25 bits per heavy atom. The quantitative estimate of drug-likeness (QED) is 0.730. The highest BCUT2D eigenvalue weighted by Crippen LogP contribution is 2.20. The summed E-state index contributed by atoms with van der Waals surface area (Å²) in [6.45, 7) is 0. The monoisotopic (exact) mass is 222 g/mol. The number of hydrogen-bond donors (Lipinski definition) is 0. The molecule has 16 heavy (non-hydrogen) atoms. The van der Waals surface area contributed by atoms with Gasteiger partial charge in [0.2, 0.25) is 0 Å². The van der Waals surface area contributed by atoms with E-state index in [4.69, 9.17) is 0 Å². The second kappa shape index (κ2) is 3.84. The van der Waals surface area contributed by atoms with Crippen molar-refractivity contribution in [1.29, 1.82) is 0 Å². The van der Waals surface area contributed by atoms with Crippen molar-refractivity contribution in [3.63, 3.8) is 0 Å². The minimum absolute atomic E-state index is 0.375. The zero-order valence-electron chi connectivity index (χ0n) is 8.45. The van der Waals surface area contributed by atoms with E-state index >= 15 is 0 Å². The molecule has 3 nitrogen and oxygen atoms in total. The van der Waals surface area contributed by atoms with Crippen LogP contribution in [0.3, 0.4) is 0 Å². The fourth-order valence-electron chi connectivity index (χ4n) is 1.39. The SMILES string of the molecule is Cn1nc(-c2ccc(F)c(F)c2)cc1C=O. The first-order valence-electron chi connectivity index (χ1n) is 4.56. The number of aromatic nitrogens is 2. The first-order valence-corrected chi connectivity index (χ1v) is 4.56. The second-order valence-corrected chi connectivity index (χ2v) is 3.32. The highest BCUT2D eigenvalue weighted by Gasteiger charge is 2.09. The van der Waals surface area contributed by atoms with E-state index in [1.807, 2.05) is 0 Å². The lowest BCUT2D eigenvalue weighted by Gasteiger charge is -1.97. The number of benzene rings is 1. The number of carbonyl (C=O) groups excluding carboxylic acids is 1. The van der Waals surface area contributed by atoms with Gasteiger partial charge in [-0.05, 0) is 24.3 Å². The number of rotatable bonds is 2. The van der Waals surface area contributed by atoms with Crippen molar-refractivity contribution < 1.29 is 13.6 Å². The summed E-state index contributed by atoms with van der Waals surface area (Å²) in [5, 5.41) is 4.02. The average molecular weight is 222 g/mol. The van der Waals surface area contributed by atoms with Crippen LogP contribution < -0.4 is 0 Å². The number of carbonyl (C=O) groups is 1. The maximum Gasteiger partial charge on any atom is 0.168 e. The van der Waals surface area contributed by atoms with Crippen molar-refractivity contribution in [2.45, 2.75) is 0 Å². The van der Waals surface area contributed by atoms with Crippen LogP contribution in [-0.2, 0) is 7.05 Å². The van der Waals surface area contributed by atoms with Gasteiger partial charge in [-0.1, -0.05) is 0 Å². The molecule has 0 radical (unpaired) electrons. The maximum atomic E-state index is 13.0. The van der Waals surface area contributed by atoms with E-state index in [1.54, 1.807) is 7.05 Å². The molecule has 5 heteroatoms. The van der Waals surface area contributed by atoms with Crippen LogP contribution in [0, 0.1) is 11.6 Å². The Bertz CT molecular complexity index is 549. The lowest BCUT2D eigenvalue weighted by atomic mass is 10.1. The number of nitrogens with zero attached hydrogens (tertiary/aromatic N) is 2. The molecule has 2 aromatic rings. The lowest BCUT2D eigenvalue weighted by molar-refractivity contribution is 0.111. The first kappa shape index (κ1) is 10.5. The van der Waals surface area contributed by atoms with Crippen LogP contribution in [0.25, 0.3) is 11.3 Å². The minimum atomic E-state index is -0.934. The van der Waals surface area contributed by atoms with Gasteiger partial charge < -0.3 is 0 Å². The summed E-state index contributed by atoms with van der Waals surface area (Å²) in [5.74, 6) is -1.84. The van der Waals surface area contributed by atoms with Gasteiger partial charge in [0.05, 0.1) is 5.69 Å².